The molecule has 0 unspecified atom stereocenters. The highest BCUT2D eigenvalue weighted by Crippen LogP contribution is 2.25. The summed E-state index contributed by atoms with van der Waals surface area (Å²) in [5, 5.41) is 18.3. The molecule has 2 rings (SSSR count). The first-order valence-corrected chi connectivity index (χ1v) is 6.69. The predicted octanol–water partition coefficient (Wildman–Crippen LogP) is 2.29. The molecule has 1 aliphatic rings. The minimum atomic E-state index is -0.475. The van der Waals surface area contributed by atoms with Gasteiger partial charge in [-0.3, -0.25) is 4.90 Å². The molecule has 102 valence electrons. The zero-order valence-corrected chi connectivity index (χ0v) is 11.1. The number of halogens is 1. The summed E-state index contributed by atoms with van der Waals surface area (Å²) in [4.78, 5) is 2.22. The van der Waals surface area contributed by atoms with Gasteiger partial charge in [0.15, 0.2) is 0 Å². The molecule has 3 nitrogen and oxygen atoms in total. The maximum absolute atomic E-state index is 13.3. The molecule has 1 aromatic carbocycles. The van der Waals surface area contributed by atoms with Gasteiger partial charge in [0.1, 0.15) is 11.9 Å². The lowest BCUT2D eigenvalue weighted by atomic mass is 9.91. The van der Waals surface area contributed by atoms with E-state index in [0.717, 1.165) is 24.9 Å². The topological polar surface area (TPSA) is 47.3 Å². The third kappa shape index (κ3) is 3.12. The summed E-state index contributed by atoms with van der Waals surface area (Å²) in [5.41, 5.74) is 1.01. The highest BCUT2D eigenvalue weighted by molar-refractivity contribution is 5.34. The van der Waals surface area contributed by atoms with Crippen molar-refractivity contribution in [2.24, 2.45) is 5.92 Å². The van der Waals surface area contributed by atoms with Gasteiger partial charge in [-0.2, -0.15) is 5.26 Å². The van der Waals surface area contributed by atoms with E-state index in [2.05, 4.69) is 11.8 Å². The van der Waals surface area contributed by atoms with Crippen LogP contribution in [0.25, 0.3) is 0 Å². The van der Waals surface area contributed by atoms with Gasteiger partial charge in [-0.25, -0.2) is 4.39 Å². The van der Waals surface area contributed by atoms with Crippen molar-refractivity contribution in [3.63, 3.8) is 0 Å². The van der Waals surface area contributed by atoms with Gasteiger partial charge < -0.3 is 5.11 Å². The quantitative estimate of drug-likeness (QED) is 0.909. The standard InChI is InChI=1S/C15H19FN2O/c1-11-3-2-6-18(15(11)10-19)9-12-4-5-14(16)13(7-12)8-17/h4-5,7,11,15,19H,2-3,6,9-10H2,1H3/t11-,15+/m0/s1. The van der Waals surface area contributed by atoms with Crippen LogP contribution in [0.2, 0.25) is 0 Å². The summed E-state index contributed by atoms with van der Waals surface area (Å²) < 4.78 is 13.3. The summed E-state index contributed by atoms with van der Waals surface area (Å²) in [7, 11) is 0. The van der Waals surface area contributed by atoms with Gasteiger partial charge >= 0.3 is 0 Å². The van der Waals surface area contributed by atoms with Gasteiger partial charge in [0.05, 0.1) is 12.2 Å². The highest BCUT2D eigenvalue weighted by Gasteiger charge is 2.27. The number of aliphatic hydroxyl groups is 1. The van der Waals surface area contributed by atoms with Crippen LogP contribution in [-0.4, -0.2) is 29.2 Å². The van der Waals surface area contributed by atoms with E-state index < -0.39 is 5.82 Å². The zero-order valence-electron chi connectivity index (χ0n) is 11.1. The monoisotopic (exact) mass is 262 g/mol. The molecule has 1 heterocycles. The van der Waals surface area contributed by atoms with Crippen molar-refractivity contribution in [3.8, 4) is 6.07 Å². The normalized spacial score (nSPS) is 24.1. The molecule has 0 bridgehead atoms. The zero-order chi connectivity index (χ0) is 13.8. The predicted molar refractivity (Wildman–Crippen MR) is 70.8 cm³/mol. The lowest BCUT2D eigenvalue weighted by Crippen LogP contribution is -2.45. The average Bonchev–Trinajstić information content (AvgIpc) is 2.41. The van der Waals surface area contributed by atoms with Gasteiger partial charge in [-0.05, 0) is 43.0 Å². The van der Waals surface area contributed by atoms with Crippen LogP contribution in [0.1, 0.15) is 30.9 Å². The van der Waals surface area contributed by atoms with Gasteiger partial charge in [0.2, 0.25) is 0 Å². The third-order valence-corrected chi connectivity index (χ3v) is 3.95. The SMILES string of the molecule is C[C@H]1CCCN(Cc2ccc(F)c(C#N)c2)[C@@H]1CO. The molecule has 19 heavy (non-hydrogen) atoms. The van der Waals surface area contributed by atoms with Crippen LogP contribution in [0.15, 0.2) is 18.2 Å². The third-order valence-electron chi connectivity index (χ3n) is 3.95. The van der Waals surface area contributed by atoms with Crippen molar-refractivity contribution >= 4 is 0 Å². The summed E-state index contributed by atoms with van der Waals surface area (Å²) in [5.74, 6) is -0.00777. The molecule has 0 amide bonds. The number of nitrogens with zero attached hydrogens (tertiary/aromatic N) is 2. The number of rotatable bonds is 3. The molecule has 1 fully saturated rings. The molecule has 4 heteroatoms. The highest BCUT2D eigenvalue weighted by atomic mass is 19.1. The molecular formula is C15H19FN2O. The molecule has 0 aliphatic carbocycles. The fourth-order valence-electron chi connectivity index (χ4n) is 2.82. The van der Waals surface area contributed by atoms with Crippen LogP contribution in [0, 0.1) is 23.1 Å². The first-order chi connectivity index (χ1) is 9.15. The number of benzene rings is 1. The Hall–Kier alpha value is -1.44. The Kier molecular flexibility index (Phi) is 4.52. The summed E-state index contributed by atoms with van der Waals surface area (Å²) in [6, 6.07) is 6.68. The lowest BCUT2D eigenvalue weighted by molar-refractivity contribution is 0.0472. The van der Waals surface area contributed by atoms with Crippen LogP contribution in [0.5, 0.6) is 0 Å². The molecule has 1 saturated heterocycles. The summed E-state index contributed by atoms with van der Waals surface area (Å²) >= 11 is 0. The Morgan fingerprint density at radius 3 is 3.00 bits per heavy atom. The van der Waals surface area contributed by atoms with E-state index in [-0.39, 0.29) is 18.2 Å². The van der Waals surface area contributed by atoms with Crippen LogP contribution in [-0.2, 0) is 6.54 Å². The van der Waals surface area contributed by atoms with Crippen molar-refractivity contribution < 1.29 is 9.50 Å². The van der Waals surface area contributed by atoms with E-state index >= 15 is 0 Å². The Labute approximate surface area is 113 Å². The Morgan fingerprint density at radius 1 is 1.53 bits per heavy atom. The molecule has 0 saturated carbocycles. The molecule has 2 atom stereocenters. The minimum absolute atomic E-state index is 0.0862. The first-order valence-electron chi connectivity index (χ1n) is 6.69. The second-order valence-electron chi connectivity index (χ2n) is 5.27. The fraction of sp³-hybridized carbons (Fsp3) is 0.533. The smallest absolute Gasteiger partial charge is 0.140 e. The van der Waals surface area contributed by atoms with E-state index in [1.807, 2.05) is 6.07 Å². The van der Waals surface area contributed by atoms with Crippen LogP contribution < -0.4 is 0 Å². The van der Waals surface area contributed by atoms with E-state index in [4.69, 9.17) is 5.26 Å². The molecule has 1 N–H and O–H groups in total. The number of hydrogen-bond acceptors (Lipinski definition) is 3. The van der Waals surface area contributed by atoms with Gasteiger partial charge in [0, 0.05) is 12.6 Å². The second kappa shape index (κ2) is 6.14. The number of likely N-dealkylation sites (tertiary alicyclic amines) is 1. The van der Waals surface area contributed by atoms with Crippen LogP contribution >= 0.6 is 0 Å². The van der Waals surface area contributed by atoms with Crippen LogP contribution in [0.3, 0.4) is 0 Å². The van der Waals surface area contributed by atoms with Gasteiger partial charge in [-0.1, -0.05) is 13.0 Å². The number of piperidine rings is 1. The van der Waals surface area contributed by atoms with Gasteiger partial charge in [-0.15, -0.1) is 0 Å². The second-order valence-corrected chi connectivity index (χ2v) is 5.27. The lowest BCUT2D eigenvalue weighted by Gasteiger charge is -2.39. The molecule has 1 aromatic rings. The van der Waals surface area contributed by atoms with Crippen molar-refractivity contribution in [1.82, 2.24) is 4.90 Å². The number of aliphatic hydroxyl groups excluding tert-OH is 1. The molecule has 0 aromatic heterocycles. The van der Waals surface area contributed by atoms with Crippen molar-refractivity contribution in [1.29, 1.82) is 5.26 Å². The average molecular weight is 262 g/mol. The van der Waals surface area contributed by atoms with Crippen molar-refractivity contribution in [2.45, 2.75) is 32.4 Å². The molecule has 1 aliphatic heterocycles. The molecular weight excluding hydrogens is 243 g/mol. The van der Waals surface area contributed by atoms with E-state index in [1.54, 1.807) is 12.1 Å². The summed E-state index contributed by atoms with van der Waals surface area (Å²) in [6.45, 7) is 3.89. The van der Waals surface area contributed by atoms with E-state index in [0.29, 0.717) is 12.5 Å². The van der Waals surface area contributed by atoms with Crippen LogP contribution in [0.4, 0.5) is 4.39 Å². The van der Waals surface area contributed by atoms with Crippen molar-refractivity contribution in [3.05, 3.63) is 35.1 Å². The van der Waals surface area contributed by atoms with E-state index in [9.17, 15) is 9.50 Å². The Morgan fingerprint density at radius 2 is 2.32 bits per heavy atom. The van der Waals surface area contributed by atoms with E-state index in [1.165, 1.54) is 6.07 Å². The fourth-order valence-corrected chi connectivity index (χ4v) is 2.82. The maximum atomic E-state index is 13.3. The Bertz CT molecular complexity index is 484. The van der Waals surface area contributed by atoms with Crippen molar-refractivity contribution in [2.75, 3.05) is 13.2 Å². The first kappa shape index (κ1) is 14.0. The molecule has 0 spiro atoms. The summed E-state index contributed by atoms with van der Waals surface area (Å²) in [6.07, 6.45) is 2.25. The van der Waals surface area contributed by atoms with Gasteiger partial charge in [0.25, 0.3) is 0 Å². The largest absolute Gasteiger partial charge is 0.395 e. The number of nitriles is 1. The molecule has 0 radical (unpaired) electrons. The minimum Gasteiger partial charge on any atom is -0.395 e. The Balaban J connectivity index is 2.14. The maximum Gasteiger partial charge on any atom is 0.140 e. The number of hydrogen-bond donors (Lipinski definition) is 1.